The van der Waals surface area contributed by atoms with Crippen molar-refractivity contribution in [2.24, 2.45) is 0 Å². The summed E-state index contributed by atoms with van der Waals surface area (Å²) >= 11 is 0. The maximum Gasteiger partial charge on any atom is 0.412 e. The molecule has 1 amide bonds. The largest absolute Gasteiger partial charge is 0.444 e. The first kappa shape index (κ1) is 13.6. The van der Waals surface area contributed by atoms with Gasteiger partial charge in [0.1, 0.15) is 17.5 Å². The van der Waals surface area contributed by atoms with Crippen molar-refractivity contribution in [1.82, 2.24) is 4.57 Å². The highest BCUT2D eigenvalue weighted by molar-refractivity contribution is 5.84. The summed E-state index contributed by atoms with van der Waals surface area (Å²) in [4.78, 5) is 23.6. The zero-order valence-corrected chi connectivity index (χ0v) is 11.1. The maximum absolute atomic E-state index is 13.0. The Morgan fingerprint density at radius 3 is 2.68 bits per heavy atom. The number of pyridine rings is 1. The van der Waals surface area contributed by atoms with Crippen molar-refractivity contribution in [3.63, 3.8) is 0 Å². The van der Waals surface area contributed by atoms with Crippen LogP contribution in [0.2, 0.25) is 0 Å². The summed E-state index contributed by atoms with van der Waals surface area (Å²) in [5, 5.41) is 2.39. The van der Waals surface area contributed by atoms with Gasteiger partial charge in [0.15, 0.2) is 0 Å². The number of amides is 1. The summed E-state index contributed by atoms with van der Waals surface area (Å²) in [6.07, 6.45) is 0.187. The summed E-state index contributed by atoms with van der Waals surface area (Å²) in [6.45, 7) is 5.19. The Morgan fingerprint density at radius 2 is 2.16 bits per heavy atom. The average Bonchev–Trinajstić information content (AvgIpc) is 2.96. The predicted octanol–water partition coefficient (Wildman–Crippen LogP) is 2.48. The molecule has 1 aliphatic rings. The Balaban J connectivity index is 2.13. The third-order valence-electron chi connectivity index (χ3n) is 2.65. The summed E-state index contributed by atoms with van der Waals surface area (Å²) in [7, 11) is 0. The fourth-order valence-corrected chi connectivity index (χ4v) is 1.72. The molecule has 1 N–H and O–H groups in total. The quantitative estimate of drug-likeness (QED) is 0.896. The van der Waals surface area contributed by atoms with Gasteiger partial charge < -0.3 is 9.30 Å². The van der Waals surface area contributed by atoms with Gasteiger partial charge >= 0.3 is 6.09 Å². The molecule has 1 aromatic rings. The van der Waals surface area contributed by atoms with E-state index >= 15 is 0 Å². The molecular formula is C13H17FN2O3. The number of hydrogen-bond donors (Lipinski definition) is 1. The van der Waals surface area contributed by atoms with Crippen LogP contribution < -0.4 is 10.9 Å². The number of aromatic nitrogens is 1. The second kappa shape index (κ2) is 4.68. The van der Waals surface area contributed by atoms with Crippen LogP contribution in [-0.2, 0) is 4.74 Å². The van der Waals surface area contributed by atoms with Crippen molar-refractivity contribution >= 4 is 11.8 Å². The Kier molecular flexibility index (Phi) is 3.34. The lowest BCUT2D eigenvalue weighted by atomic mass is 10.2. The van der Waals surface area contributed by atoms with Crippen molar-refractivity contribution in [1.29, 1.82) is 0 Å². The van der Waals surface area contributed by atoms with Crippen LogP contribution in [0.25, 0.3) is 0 Å². The number of hydrogen-bond acceptors (Lipinski definition) is 3. The lowest BCUT2D eigenvalue weighted by molar-refractivity contribution is 0.0635. The van der Waals surface area contributed by atoms with Gasteiger partial charge in [-0.1, -0.05) is 0 Å². The molecule has 6 heteroatoms. The van der Waals surface area contributed by atoms with E-state index < -0.39 is 29.5 Å². The molecule has 0 aromatic carbocycles. The SMILES string of the molecule is CC(C)(C)OC(=O)Nc1cccn(C2C[C@H]2F)c1=O. The molecule has 104 valence electrons. The van der Waals surface area contributed by atoms with E-state index in [1.807, 2.05) is 0 Å². The molecule has 1 saturated carbocycles. The third-order valence-corrected chi connectivity index (χ3v) is 2.65. The van der Waals surface area contributed by atoms with E-state index in [4.69, 9.17) is 4.74 Å². The van der Waals surface area contributed by atoms with Crippen LogP contribution in [0.1, 0.15) is 33.2 Å². The van der Waals surface area contributed by atoms with Gasteiger partial charge in [-0.25, -0.2) is 9.18 Å². The molecule has 5 nitrogen and oxygen atoms in total. The fourth-order valence-electron chi connectivity index (χ4n) is 1.72. The number of carbonyl (C=O) groups is 1. The van der Waals surface area contributed by atoms with Crippen LogP contribution in [0.3, 0.4) is 0 Å². The maximum atomic E-state index is 13.0. The van der Waals surface area contributed by atoms with Crippen LogP contribution in [0.15, 0.2) is 23.1 Å². The molecule has 1 aliphatic carbocycles. The molecule has 1 unspecified atom stereocenters. The van der Waals surface area contributed by atoms with Crippen LogP contribution in [0.5, 0.6) is 0 Å². The molecule has 0 spiro atoms. The van der Waals surface area contributed by atoms with Crippen molar-refractivity contribution in [2.45, 2.75) is 45.0 Å². The number of alkyl halides is 1. The van der Waals surface area contributed by atoms with E-state index in [-0.39, 0.29) is 5.69 Å². The summed E-state index contributed by atoms with van der Waals surface area (Å²) in [5.41, 5.74) is -0.965. The Bertz CT molecular complexity index is 548. The molecule has 0 radical (unpaired) electrons. The van der Waals surface area contributed by atoms with Crippen molar-refractivity contribution in [3.8, 4) is 0 Å². The highest BCUT2D eigenvalue weighted by Gasteiger charge is 2.39. The Hall–Kier alpha value is -1.85. The number of carbonyl (C=O) groups excluding carboxylic acids is 1. The Labute approximate surface area is 110 Å². The third kappa shape index (κ3) is 3.33. The van der Waals surface area contributed by atoms with Gasteiger partial charge in [-0.2, -0.15) is 0 Å². The summed E-state index contributed by atoms with van der Waals surface area (Å²) < 4.78 is 19.4. The minimum atomic E-state index is -0.977. The van der Waals surface area contributed by atoms with Gasteiger partial charge in [-0.3, -0.25) is 10.1 Å². The number of nitrogens with zero attached hydrogens (tertiary/aromatic N) is 1. The molecule has 19 heavy (non-hydrogen) atoms. The first-order chi connectivity index (χ1) is 8.78. The van der Waals surface area contributed by atoms with E-state index in [1.54, 1.807) is 26.8 Å². The molecule has 0 saturated heterocycles. The normalized spacial score (nSPS) is 21.9. The number of nitrogens with one attached hydrogen (secondary N) is 1. The van der Waals surface area contributed by atoms with Gasteiger partial charge in [0.25, 0.3) is 5.56 Å². The van der Waals surface area contributed by atoms with Crippen LogP contribution in [0.4, 0.5) is 14.9 Å². The van der Waals surface area contributed by atoms with Gasteiger partial charge in [-0.15, -0.1) is 0 Å². The fraction of sp³-hybridized carbons (Fsp3) is 0.538. The number of anilines is 1. The lowest BCUT2D eigenvalue weighted by Gasteiger charge is -2.19. The highest BCUT2D eigenvalue weighted by atomic mass is 19.1. The van der Waals surface area contributed by atoms with E-state index in [2.05, 4.69) is 5.32 Å². The topological polar surface area (TPSA) is 60.3 Å². The molecule has 1 fully saturated rings. The second-order valence-corrected chi connectivity index (χ2v) is 5.58. The van der Waals surface area contributed by atoms with E-state index in [0.717, 1.165) is 0 Å². The summed E-state index contributed by atoms with van der Waals surface area (Å²) in [6, 6.07) is 2.66. The number of ether oxygens (including phenoxy) is 1. The van der Waals surface area contributed by atoms with Gasteiger partial charge in [0, 0.05) is 12.6 Å². The number of rotatable bonds is 2. The van der Waals surface area contributed by atoms with Crippen molar-refractivity contribution in [3.05, 3.63) is 28.7 Å². The Morgan fingerprint density at radius 1 is 1.53 bits per heavy atom. The van der Waals surface area contributed by atoms with Crippen molar-refractivity contribution in [2.75, 3.05) is 5.32 Å². The second-order valence-electron chi connectivity index (χ2n) is 5.58. The van der Waals surface area contributed by atoms with Crippen LogP contribution >= 0.6 is 0 Å². The first-order valence-corrected chi connectivity index (χ1v) is 6.13. The smallest absolute Gasteiger partial charge is 0.412 e. The average molecular weight is 268 g/mol. The van der Waals surface area contributed by atoms with Gasteiger partial charge in [-0.05, 0) is 32.9 Å². The van der Waals surface area contributed by atoms with E-state index in [1.165, 1.54) is 16.8 Å². The predicted molar refractivity (Wildman–Crippen MR) is 69.1 cm³/mol. The van der Waals surface area contributed by atoms with Crippen molar-refractivity contribution < 1.29 is 13.9 Å². The molecule has 0 bridgehead atoms. The minimum absolute atomic E-state index is 0.0934. The zero-order valence-electron chi connectivity index (χ0n) is 11.1. The minimum Gasteiger partial charge on any atom is -0.444 e. The van der Waals surface area contributed by atoms with Crippen LogP contribution in [-0.4, -0.2) is 22.4 Å². The molecule has 0 aliphatic heterocycles. The standard InChI is InChI=1S/C13H17FN2O3/c1-13(2,3)19-12(18)15-9-5-4-6-16(11(9)17)10-7-8(10)14/h4-6,8,10H,7H2,1-3H3,(H,15,18)/t8-,10?/m1/s1. The highest BCUT2D eigenvalue weighted by Crippen LogP contribution is 2.37. The van der Waals surface area contributed by atoms with E-state index in [9.17, 15) is 14.0 Å². The molecule has 1 heterocycles. The molecule has 2 rings (SSSR count). The summed E-state index contributed by atoms with van der Waals surface area (Å²) in [5.74, 6) is 0. The zero-order chi connectivity index (χ0) is 14.2. The lowest BCUT2D eigenvalue weighted by Crippen LogP contribution is -2.30. The van der Waals surface area contributed by atoms with Gasteiger partial charge in [0.2, 0.25) is 0 Å². The van der Waals surface area contributed by atoms with Crippen LogP contribution in [0, 0.1) is 0 Å². The molecule has 2 atom stereocenters. The number of halogens is 1. The molecule has 1 aromatic heterocycles. The van der Waals surface area contributed by atoms with E-state index in [0.29, 0.717) is 6.42 Å². The monoisotopic (exact) mass is 268 g/mol. The molecular weight excluding hydrogens is 251 g/mol. The first-order valence-electron chi connectivity index (χ1n) is 6.13. The van der Waals surface area contributed by atoms with Gasteiger partial charge in [0.05, 0.1) is 6.04 Å².